The molecule has 0 aromatic carbocycles. The third-order valence-corrected chi connectivity index (χ3v) is 4.78. The Labute approximate surface area is 119 Å². The van der Waals surface area contributed by atoms with E-state index < -0.39 is 31.0 Å². The minimum atomic E-state index is -1.33. The van der Waals surface area contributed by atoms with Gasteiger partial charge in [-0.25, -0.2) is 4.39 Å². The molecule has 0 amide bonds. The van der Waals surface area contributed by atoms with Crippen LogP contribution in [0.2, 0.25) is 0 Å². The van der Waals surface area contributed by atoms with Crippen molar-refractivity contribution in [1.82, 2.24) is 5.32 Å². The second-order valence-corrected chi connectivity index (χ2v) is 6.18. The third kappa shape index (κ3) is 3.39. The number of hydrogen-bond donors (Lipinski definition) is 4. The topological polar surface area (TPSA) is 72.7 Å². The summed E-state index contributed by atoms with van der Waals surface area (Å²) in [5.74, 6) is 0.558. The maximum Gasteiger partial charge on any atom is 0.113 e. The largest absolute Gasteiger partial charge is 0.388 e. The van der Waals surface area contributed by atoms with E-state index in [1.165, 1.54) is 38.2 Å². The lowest BCUT2D eigenvalue weighted by Gasteiger charge is -2.38. The molecule has 0 radical (unpaired) electrons. The lowest BCUT2D eigenvalue weighted by molar-refractivity contribution is -0.0648. The monoisotopic (exact) mass is 287 g/mol. The van der Waals surface area contributed by atoms with Crippen LogP contribution in [0.15, 0.2) is 11.6 Å². The van der Waals surface area contributed by atoms with Crippen LogP contribution in [-0.2, 0) is 0 Å². The Morgan fingerprint density at radius 3 is 2.45 bits per heavy atom. The fourth-order valence-electron chi connectivity index (χ4n) is 3.39. The number of aliphatic hydroxyl groups excluding tert-OH is 3. The van der Waals surface area contributed by atoms with Crippen molar-refractivity contribution in [3.05, 3.63) is 11.6 Å². The van der Waals surface area contributed by atoms with E-state index >= 15 is 0 Å². The minimum Gasteiger partial charge on any atom is -0.388 e. The average molecular weight is 287 g/mol. The van der Waals surface area contributed by atoms with Gasteiger partial charge in [0.2, 0.25) is 0 Å². The molecule has 0 aromatic rings. The van der Waals surface area contributed by atoms with Gasteiger partial charge in [0, 0.05) is 6.04 Å². The van der Waals surface area contributed by atoms with Crippen molar-refractivity contribution in [3.8, 4) is 0 Å². The molecule has 116 valence electrons. The van der Waals surface area contributed by atoms with Crippen molar-refractivity contribution in [3.63, 3.8) is 0 Å². The summed E-state index contributed by atoms with van der Waals surface area (Å²) >= 11 is 0. The predicted molar refractivity (Wildman–Crippen MR) is 75.0 cm³/mol. The van der Waals surface area contributed by atoms with Crippen molar-refractivity contribution in [2.75, 3.05) is 6.67 Å². The number of rotatable bonds is 4. The summed E-state index contributed by atoms with van der Waals surface area (Å²) in [5.41, 5.74) is 0.149. The molecule has 0 heterocycles. The van der Waals surface area contributed by atoms with Gasteiger partial charge in [-0.3, -0.25) is 0 Å². The van der Waals surface area contributed by atoms with Crippen LogP contribution in [0.4, 0.5) is 4.39 Å². The Morgan fingerprint density at radius 2 is 1.85 bits per heavy atom. The number of hydrogen-bond acceptors (Lipinski definition) is 4. The van der Waals surface area contributed by atoms with Gasteiger partial charge in [-0.1, -0.05) is 25.3 Å². The summed E-state index contributed by atoms with van der Waals surface area (Å²) < 4.78 is 12.8. The van der Waals surface area contributed by atoms with Crippen LogP contribution < -0.4 is 5.32 Å². The number of aliphatic hydroxyl groups is 3. The van der Waals surface area contributed by atoms with Crippen LogP contribution in [0.5, 0.6) is 0 Å². The molecule has 1 saturated carbocycles. The van der Waals surface area contributed by atoms with Crippen LogP contribution in [-0.4, -0.2) is 52.4 Å². The standard InChI is InChI=1S/C15H26FNO3/c1-9(10-5-3-2-4-6-10)17-12-7-11(8-16)13(18)15(20)14(12)19/h7,9-10,12-15,17-20H,2-6,8H2,1H3/t9-,12+,13-,14-,15-/m0/s1. The van der Waals surface area contributed by atoms with Gasteiger partial charge in [-0.05, 0) is 31.3 Å². The zero-order valence-electron chi connectivity index (χ0n) is 12.0. The molecule has 0 saturated heterocycles. The summed E-state index contributed by atoms with van der Waals surface area (Å²) in [7, 11) is 0. The molecular formula is C15H26FNO3. The van der Waals surface area contributed by atoms with E-state index in [0.29, 0.717) is 5.92 Å². The Kier molecular flexibility index (Phi) is 5.55. The second-order valence-electron chi connectivity index (χ2n) is 6.18. The highest BCUT2D eigenvalue weighted by atomic mass is 19.1. The highest BCUT2D eigenvalue weighted by molar-refractivity contribution is 5.22. The summed E-state index contributed by atoms with van der Waals surface area (Å²) in [6.07, 6.45) is 3.87. The first kappa shape index (κ1) is 15.9. The van der Waals surface area contributed by atoms with Crippen molar-refractivity contribution >= 4 is 0 Å². The van der Waals surface area contributed by atoms with Crippen LogP contribution in [0.25, 0.3) is 0 Å². The smallest absolute Gasteiger partial charge is 0.113 e. The third-order valence-electron chi connectivity index (χ3n) is 4.78. The van der Waals surface area contributed by atoms with Crippen molar-refractivity contribution in [1.29, 1.82) is 0 Å². The molecule has 1 fully saturated rings. The Hall–Kier alpha value is -0.490. The van der Waals surface area contributed by atoms with E-state index in [2.05, 4.69) is 12.2 Å². The van der Waals surface area contributed by atoms with Gasteiger partial charge in [0.05, 0.1) is 6.04 Å². The molecule has 4 nitrogen and oxygen atoms in total. The van der Waals surface area contributed by atoms with E-state index in [1.54, 1.807) is 0 Å². The highest BCUT2D eigenvalue weighted by Gasteiger charge is 2.38. The first-order valence-corrected chi connectivity index (χ1v) is 7.61. The molecule has 2 aliphatic rings. The molecule has 2 aliphatic carbocycles. The SMILES string of the molecule is C[C@H](N[C@@H]1C=C(CF)[C@H](O)[C@H](O)[C@H]1O)C1CCCCC1. The first-order chi connectivity index (χ1) is 9.54. The molecular weight excluding hydrogens is 261 g/mol. The molecule has 5 atom stereocenters. The maximum absolute atomic E-state index is 12.8. The molecule has 5 heteroatoms. The Balaban J connectivity index is 2.01. The normalized spacial score (nSPS) is 37.5. The molecule has 0 spiro atoms. The average Bonchev–Trinajstić information content (AvgIpc) is 2.48. The van der Waals surface area contributed by atoms with Gasteiger partial charge in [0.15, 0.2) is 0 Å². The van der Waals surface area contributed by atoms with Gasteiger partial charge in [0.25, 0.3) is 0 Å². The molecule has 0 aliphatic heterocycles. The summed E-state index contributed by atoms with van der Waals surface area (Å²) in [5, 5.41) is 32.8. The lowest BCUT2D eigenvalue weighted by atomic mass is 9.83. The van der Waals surface area contributed by atoms with E-state index in [0.717, 1.165) is 0 Å². The molecule has 0 bridgehead atoms. The zero-order valence-corrected chi connectivity index (χ0v) is 12.0. The van der Waals surface area contributed by atoms with Gasteiger partial charge in [-0.15, -0.1) is 0 Å². The van der Waals surface area contributed by atoms with E-state index in [-0.39, 0.29) is 11.6 Å². The molecule has 0 aromatic heterocycles. The Morgan fingerprint density at radius 1 is 1.20 bits per heavy atom. The van der Waals surface area contributed by atoms with Crippen LogP contribution >= 0.6 is 0 Å². The second kappa shape index (κ2) is 6.98. The number of halogens is 1. The van der Waals surface area contributed by atoms with Crippen molar-refractivity contribution < 1.29 is 19.7 Å². The summed E-state index contributed by atoms with van der Waals surface area (Å²) in [4.78, 5) is 0. The van der Waals surface area contributed by atoms with E-state index in [1.807, 2.05) is 0 Å². The Bertz CT molecular complexity index is 344. The van der Waals surface area contributed by atoms with Gasteiger partial charge in [0.1, 0.15) is 25.0 Å². The van der Waals surface area contributed by atoms with Crippen LogP contribution in [0, 0.1) is 5.92 Å². The zero-order chi connectivity index (χ0) is 14.7. The molecule has 4 N–H and O–H groups in total. The minimum absolute atomic E-state index is 0.149. The molecule has 0 unspecified atom stereocenters. The first-order valence-electron chi connectivity index (χ1n) is 7.61. The van der Waals surface area contributed by atoms with Gasteiger partial charge < -0.3 is 20.6 Å². The fraction of sp³-hybridized carbons (Fsp3) is 0.867. The van der Waals surface area contributed by atoms with E-state index in [4.69, 9.17) is 0 Å². The number of alkyl halides is 1. The number of nitrogens with one attached hydrogen (secondary N) is 1. The maximum atomic E-state index is 12.8. The fourth-order valence-corrected chi connectivity index (χ4v) is 3.39. The highest BCUT2D eigenvalue weighted by Crippen LogP contribution is 2.28. The van der Waals surface area contributed by atoms with Gasteiger partial charge >= 0.3 is 0 Å². The molecule has 20 heavy (non-hydrogen) atoms. The summed E-state index contributed by atoms with van der Waals surface area (Å²) in [6, 6.07) is -0.300. The lowest BCUT2D eigenvalue weighted by Crippen LogP contribution is -2.56. The van der Waals surface area contributed by atoms with Crippen molar-refractivity contribution in [2.24, 2.45) is 5.92 Å². The summed E-state index contributed by atoms with van der Waals surface area (Å²) in [6.45, 7) is 1.27. The van der Waals surface area contributed by atoms with Crippen LogP contribution in [0.3, 0.4) is 0 Å². The van der Waals surface area contributed by atoms with Crippen LogP contribution in [0.1, 0.15) is 39.0 Å². The molecule has 2 rings (SSSR count). The van der Waals surface area contributed by atoms with E-state index in [9.17, 15) is 19.7 Å². The predicted octanol–water partition coefficient (Wildman–Crippen LogP) is 0.906. The van der Waals surface area contributed by atoms with Crippen molar-refractivity contribution in [2.45, 2.75) is 69.4 Å². The quantitative estimate of drug-likeness (QED) is 0.580. The van der Waals surface area contributed by atoms with Gasteiger partial charge in [-0.2, -0.15) is 0 Å².